The Labute approximate surface area is 71.4 Å². The Morgan fingerprint density at radius 2 is 2.42 bits per heavy atom. The van der Waals surface area contributed by atoms with Crippen molar-refractivity contribution in [1.82, 2.24) is 9.78 Å². The van der Waals surface area contributed by atoms with Crippen LogP contribution in [0.4, 0.5) is 0 Å². The van der Waals surface area contributed by atoms with E-state index in [9.17, 15) is 4.79 Å². The summed E-state index contributed by atoms with van der Waals surface area (Å²) in [6, 6.07) is 1.90. The van der Waals surface area contributed by atoms with Crippen molar-refractivity contribution in [2.45, 2.75) is 25.2 Å². The van der Waals surface area contributed by atoms with Crippen LogP contribution in [-0.2, 0) is 7.05 Å². The van der Waals surface area contributed by atoms with E-state index >= 15 is 0 Å². The smallest absolute Gasteiger partial charge is 0.168 e. The monoisotopic (exact) mass is 164 g/mol. The molecule has 1 aromatic heterocycles. The van der Waals surface area contributed by atoms with Crippen LogP contribution in [-0.4, -0.2) is 16.1 Å². The molecule has 0 spiro atoms. The molecule has 0 amide bonds. The van der Waals surface area contributed by atoms with Crippen LogP contribution in [0.3, 0.4) is 0 Å². The molecule has 3 heteroatoms. The summed E-state index contributed by atoms with van der Waals surface area (Å²) in [5.74, 6) is 0.616. The maximum absolute atomic E-state index is 10.5. The van der Waals surface area contributed by atoms with Gasteiger partial charge in [-0.1, -0.05) is 6.42 Å². The molecule has 3 nitrogen and oxygen atoms in total. The van der Waals surface area contributed by atoms with Crippen LogP contribution in [0.25, 0.3) is 0 Å². The molecule has 0 saturated heterocycles. The third-order valence-corrected chi connectivity index (χ3v) is 2.58. The Bertz CT molecular complexity index is 299. The highest BCUT2D eigenvalue weighted by molar-refractivity contribution is 5.72. The summed E-state index contributed by atoms with van der Waals surface area (Å²) in [5.41, 5.74) is 1.77. The van der Waals surface area contributed by atoms with Crippen LogP contribution in [0.5, 0.6) is 0 Å². The largest absolute Gasteiger partial charge is 0.296 e. The minimum atomic E-state index is 0.616. The van der Waals surface area contributed by atoms with Gasteiger partial charge in [-0.3, -0.25) is 9.48 Å². The van der Waals surface area contributed by atoms with Crippen molar-refractivity contribution in [2.24, 2.45) is 7.05 Å². The molecule has 1 aliphatic carbocycles. The summed E-state index contributed by atoms with van der Waals surface area (Å²) >= 11 is 0. The topological polar surface area (TPSA) is 34.9 Å². The van der Waals surface area contributed by atoms with Gasteiger partial charge in [-0.15, -0.1) is 0 Å². The highest BCUT2D eigenvalue weighted by Gasteiger charge is 2.22. The summed E-state index contributed by atoms with van der Waals surface area (Å²) in [4.78, 5) is 10.5. The molecule has 0 aromatic carbocycles. The van der Waals surface area contributed by atoms with Crippen molar-refractivity contribution in [3.63, 3.8) is 0 Å². The fourth-order valence-electron chi connectivity index (χ4n) is 1.52. The van der Waals surface area contributed by atoms with Crippen molar-refractivity contribution >= 4 is 6.29 Å². The van der Waals surface area contributed by atoms with Crippen LogP contribution in [0, 0.1) is 0 Å². The molecule has 64 valence electrons. The maximum atomic E-state index is 10.5. The van der Waals surface area contributed by atoms with E-state index in [-0.39, 0.29) is 0 Å². The van der Waals surface area contributed by atoms with Gasteiger partial charge in [0.15, 0.2) is 6.29 Å². The van der Waals surface area contributed by atoms with Crippen molar-refractivity contribution in [2.75, 3.05) is 0 Å². The first-order valence-corrected chi connectivity index (χ1v) is 4.30. The number of nitrogens with zero attached hydrogens (tertiary/aromatic N) is 2. The van der Waals surface area contributed by atoms with Crippen LogP contribution in [0.2, 0.25) is 0 Å². The molecule has 0 atom stereocenters. The molecular formula is C9H12N2O. The van der Waals surface area contributed by atoms with E-state index in [1.165, 1.54) is 19.3 Å². The predicted molar refractivity (Wildman–Crippen MR) is 45.2 cm³/mol. The minimum absolute atomic E-state index is 0.616. The number of hydrogen-bond acceptors (Lipinski definition) is 2. The number of aryl methyl sites for hydroxylation is 1. The van der Waals surface area contributed by atoms with Gasteiger partial charge in [0.2, 0.25) is 0 Å². The normalized spacial score (nSPS) is 17.4. The number of aromatic nitrogens is 2. The summed E-state index contributed by atoms with van der Waals surface area (Å²) in [6.07, 6.45) is 4.62. The standard InChI is InChI=1S/C9H12N2O/c1-11-8(6-12)5-9(10-11)7-3-2-4-7/h5-7H,2-4H2,1H3. The summed E-state index contributed by atoms with van der Waals surface area (Å²) < 4.78 is 1.65. The molecule has 1 saturated carbocycles. The first kappa shape index (κ1) is 7.53. The molecule has 0 bridgehead atoms. The van der Waals surface area contributed by atoms with Crippen LogP contribution < -0.4 is 0 Å². The highest BCUT2D eigenvalue weighted by atomic mass is 16.1. The van der Waals surface area contributed by atoms with Crippen LogP contribution >= 0.6 is 0 Å². The summed E-state index contributed by atoms with van der Waals surface area (Å²) in [7, 11) is 1.81. The van der Waals surface area contributed by atoms with E-state index in [4.69, 9.17) is 0 Å². The van der Waals surface area contributed by atoms with E-state index in [1.807, 2.05) is 13.1 Å². The Balaban J connectivity index is 2.27. The van der Waals surface area contributed by atoms with Crippen molar-refractivity contribution in [1.29, 1.82) is 0 Å². The van der Waals surface area contributed by atoms with Gasteiger partial charge in [-0.2, -0.15) is 5.10 Å². The predicted octanol–water partition coefficient (Wildman–Crippen LogP) is 1.50. The molecule has 1 fully saturated rings. The highest BCUT2D eigenvalue weighted by Crippen LogP contribution is 2.35. The zero-order chi connectivity index (χ0) is 8.55. The van der Waals surface area contributed by atoms with E-state index < -0.39 is 0 Å². The molecule has 0 aliphatic heterocycles. The van der Waals surface area contributed by atoms with Gasteiger partial charge >= 0.3 is 0 Å². The van der Waals surface area contributed by atoms with Gasteiger partial charge in [0.25, 0.3) is 0 Å². The van der Waals surface area contributed by atoms with Crippen LogP contribution in [0.15, 0.2) is 6.07 Å². The van der Waals surface area contributed by atoms with E-state index in [0.717, 1.165) is 12.0 Å². The van der Waals surface area contributed by atoms with Gasteiger partial charge in [0.05, 0.1) is 5.69 Å². The maximum Gasteiger partial charge on any atom is 0.168 e. The van der Waals surface area contributed by atoms with Crippen molar-refractivity contribution in [3.8, 4) is 0 Å². The second-order valence-electron chi connectivity index (χ2n) is 3.36. The minimum Gasteiger partial charge on any atom is -0.296 e. The molecule has 12 heavy (non-hydrogen) atoms. The fourth-order valence-corrected chi connectivity index (χ4v) is 1.52. The third-order valence-electron chi connectivity index (χ3n) is 2.58. The average molecular weight is 164 g/mol. The zero-order valence-corrected chi connectivity index (χ0v) is 7.16. The van der Waals surface area contributed by atoms with Gasteiger partial charge in [0.1, 0.15) is 5.69 Å². The second-order valence-corrected chi connectivity index (χ2v) is 3.36. The van der Waals surface area contributed by atoms with Crippen molar-refractivity contribution < 1.29 is 4.79 Å². The first-order valence-electron chi connectivity index (χ1n) is 4.30. The quantitative estimate of drug-likeness (QED) is 0.621. The van der Waals surface area contributed by atoms with E-state index in [1.54, 1.807) is 4.68 Å². The van der Waals surface area contributed by atoms with Gasteiger partial charge in [-0.05, 0) is 18.9 Å². The van der Waals surface area contributed by atoms with Gasteiger partial charge in [-0.25, -0.2) is 0 Å². The molecule has 1 aliphatic rings. The van der Waals surface area contributed by atoms with E-state index in [0.29, 0.717) is 11.6 Å². The lowest BCUT2D eigenvalue weighted by Crippen LogP contribution is -2.09. The fraction of sp³-hybridized carbons (Fsp3) is 0.556. The SMILES string of the molecule is Cn1nc(C2CCC2)cc1C=O. The Kier molecular flexibility index (Phi) is 1.71. The van der Waals surface area contributed by atoms with Gasteiger partial charge < -0.3 is 0 Å². The molecule has 0 N–H and O–H groups in total. The molecule has 1 heterocycles. The summed E-state index contributed by atoms with van der Waals surface area (Å²) in [6.45, 7) is 0. The molecule has 0 unspecified atom stereocenters. The number of rotatable bonds is 2. The Morgan fingerprint density at radius 3 is 2.83 bits per heavy atom. The second kappa shape index (κ2) is 2.73. The molecular weight excluding hydrogens is 152 g/mol. The Morgan fingerprint density at radius 1 is 1.67 bits per heavy atom. The van der Waals surface area contributed by atoms with Crippen molar-refractivity contribution in [3.05, 3.63) is 17.5 Å². The number of hydrogen-bond donors (Lipinski definition) is 0. The zero-order valence-electron chi connectivity index (χ0n) is 7.16. The van der Waals surface area contributed by atoms with E-state index in [2.05, 4.69) is 5.10 Å². The first-order chi connectivity index (χ1) is 5.81. The summed E-state index contributed by atoms with van der Waals surface area (Å²) in [5, 5.41) is 4.29. The molecule has 0 radical (unpaired) electrons. The lowest BCUT2D eigenvalue weighted by Gasteiger charge is -2.22. The third kappa shape index (κ3) is 1.05. The number of carbonyl (C=O) groups is 1. The number of aldehydes is 1. The Hall–Kier alpha value is -1.12. The van der Waals surface area contributed by atoms with Crippen LogP contribution in [0.1, 0.15) is 41.4 Å². The van der Waals surface area contributed by atoms with Gasteiger partial charge in [0, 0.05) is 13.0 Å². The number of carbonyl (C=O) groups excluding carboxylic acids is 1. The average Bonchev–Trinajstić information content (AvgIpc) is 2.27. The molecule has 2 rings (SSSR count). The lowest BCUT2D eigenvalue weighted by molar-refractivity contribution is 0.111. The molecule has 1 aromatic rings. The lowest BCUT2D eigenvalue weighted by atomic mass is 9.83.